The molecule has 0 aromatic heterocycles. The van der Waals surface area contributed by atoms with E-state index >= 15 is 0 Å². The van der Waals surface area contributed by atoms with Crippen molar-refractivity contribution in [1.82, 2.24) is 0 Å². The van der Waals surface area contributed by atoms with Gasteiger partial charge in [0.05, 0.1) is 0 Å². The van der Waals surface area contributed by atoms with E-state index in [1.807, 2.05) is 0 Å². The summed E-state index contributed by atoms with van der Waals surface area (Å²) in [6.07, 6.45) is 15.9. The summed E-state index contributed by atoms with van der Waals surface area (Å²) in [5.74, 6) is 2.83. The fraction of sp³-hybridized carbons (Fsp3) is 0.846. The highest BCUT2D eigenvalue weighted by atomic mass is 14.4. The van der Waals surface area contributed by atoms with Crippen molar-refractivity contribution in [3.63, 3.8) is 0 Å². The Balaban J connectivity index is 2.01. The Morgan fingerprint density at radius 3 is 3.00 bits per heavy atom. The highest BCUT2D eigenvalue weighted by molar-refractivity contribution is 4.96. The van der Waals surface area contributed by atoms with Crippen LogP contribution in [0.1, 0.15) is 51.9 Å². The van der Waals surface area contributed by atoms with Gasteiger partial charge < -0.3 is 0 Å². The molecule has 0 heteroatoms. The van der Waals surface area contributed by atoms with Crippen LogP contribution in [0.25, 0.3) is 0 Å². The summed E-state index contributed by atoms with van der Waals surface area (Å²) in [6.45, 7) is 2.32. The van der Waals surface area contributed by atoms with E-state index in [0.717, 1.165) is 17.8 Å². The van der Waals surface area contributed by atoms with Crippen molar-refractivity contribution in [3.8, 4) is 0 Å². The maximum atomic E-state index is 3.58. The zero-order valence-electron chi connectivity index (χ0n) is 8.76. The van der Waals surface area contributed by atoms with Crippen LogP contribution in [0.5, 0.6) is 0 Å². The molecule has 2 rings (SSSR count). The second-order valence-corrected chi connectivity index (χ2v) is 4.71. The molecule has 0 heterocycles. The molecule has 3 atom stereocenters. The van der Waals surface area contributed by atoms with Crippen LogP contribution >= 0.6 is 0 Å². The fourth-order valence-corrected chi connectivity index (χ4v) is 3.18. The monoisotopic (exact) mass is 177 g/mol. The highest BCUT2D eigenvalue weighted by Crippen LogP contribution is 2.41. The van der Waals surface area contributed by atoms with Crippen molar-refractivity contribution in [2.45, 2.75) is 51.9 Å². The number of allylic oxidation sites excluding steroid dienone is 2. The first-order valence-electron chi connectivity index (χ1n) is 5.99. The fourth-order valence-electron chi connectivity index (χ4n) is 3.18. The summed E-state index contributed by atoms with van der Waals surface area (Å²) in [5, 5.41) is 0. The molecular formula is C13H21. The molecule has 0 spiro atoms. The zero-order valence-corrected chi connectivity index (χ0v) is 8.76. The molecule has 0 aromatic carbocycles. The minimum atomic E-state index is 0.832. The van der Waals surface area contributed by atoms with Gasteiger partial charge in [0.25, 0.3) is 0 Å². The molecule has 2 aliphatic carbocycles. The lowest BCUT2D eigenvalue weighted by molar-refractivity contribution is 0.168. The van der Waals surface area contributed by atoms with E-state index in [2.05, 4.69) is 19.1 Å². The van der Waals surface area contributed by atoms with Crippen molar-refractivity contribution in [2.75, 3.05) is 0 Å². The topological polar surface area (TPSA) is 0 Å². The Labute approximate surface area is 82.4 Å². The van der Waals surface area contributed by atoms with E-state index in [4.69, 9.17) is 0 Å². The van der Waals surface area contributed by atoms with Crippen molar-refractivity contribution in [3.05, 3.63) is 12.2 Å². The molecule has 1 fully saturated rings. The molecule has 0 saturated heterocycles. The van der Waals surface area contributed by atoms with Crippen molar-refractivity contribution >= 4 is 0 Å². The van der Waals surface area contributed by atoms with Crippen LogP contribution in [0.4, 0.5) is 0 Å². The van der Waals surface area contributed by atoms with Gasteiger partial charge in [0.2, 0.25) is 0 Å². The number of fused-ring (bicyclic) bond motifs is 1. The molecule has 73 valence electrons. The third-order valence-electron chi connectivity index (χ3n) is 3.84. The lowest BCUT2D eigenvalue weighted by atomic mass is 9.67. The molecule has 0 N–H and O–H groups in total. The summed E-state index contributed by atoms with van der Waals surface area (Å²) in [6, 6.07) is 0. The lowest BCUT2D eigenvalue weighted by Crippen LogP contribution is -2.28. The third kappa shape index (κ3) is 1.98. The Kier molecular flexibility index (Phi) is 3.08. The summed E-state index contributed by atoms with van der Waals surface area (Å²) in [4.78, 5) is 0. The first-order chi connectivity index (χ1) is 6.42. The summed E-state index contributed by atoms with van der Waals surface area (Å²) in [5.41, 5.74) is 0. The molecule has 2 aliphatic rings. The van der Waals surface area contributed by atoms with Gasteiger partial charge in [-0.3, -0.25) is 0 Å². The standard InChI is InChI=1S/C13H21/c1-2-6-11-8-5-9-12-7-3-4-10-13(11)12/h5,11-13H,2-4,6-8,10H2,1H3. The Hall–Kier alpha value is -0.260. The average Bonchev–Trinajstić information content (AvgIpc) is 2.19. The van der Waals surface area contributed by atoms with Crippen LogP contribution in [0.3, 0.4) is 0 Å². The maximum Gasteiger partial charge on any atom is -0.0131 e. The second kappa shape index (κ2) is 4.30. The minimum Gasteiger partial charge on any atom is -0.0805 e. The van der Waals surface area contributed by atoms with E-state index in [-0.39, 0.29) is 0 Å². The van der Waals surface area contributed by atoms with Crippen molar-refractivity contribution < 1.29 is 0 Å². The van der Waals surface area contributed by atoms with Crippen LogP contribution in [0.15, 0.2) is 6.08 Å². The van der Waals surface area contributed by atoms with Gasteiger partial charge >= 0.3 is 0 Å². The second-order valence-electron chi connectivity index (χ2n) is 4.71. The Morgan fingerprint density at radius 1 is 1.31 bits per heavy atom. The number of hydrogen-bond acceptors (Lipinski definition) is 0. The van der Waals surface area contributed by atoms with Crippen LogP contribution in [0.2, 0.25) is 0 Å². The first-order valence-corrected chi connectivity index (χ1v) is 5.99. The zero-order chi connectivity index (χ0) is 9.10. The van der Waals surface area contributed by atoms with Gasteiger partial charge in [-0.05, 0) is 43.1 Å². The van der Waals surface area contributed by atoms with Gasteiger partial charge in [-0.15, -0.1) is 0 Å². The van der Waals surface area contributed by atoms with Gasteiger partial charge in [0, 0.05) is 0 Å². The molecule has 1 radical (unpaired) electrons. The van der Waals surface area contributed by atoms with Crippen LogP contribution in [0, 0.1) is 23.8 Å². The summed E-state index contributed by atoms with van der Waals surface area (Å²) in [7, 11) is 0. The quantitative estimate of drug-likeness (QED) is 0.598. The van der Waals surface area contributed by atoms with E-state index in [1.54, 1.807) is 0 Å². The molecular weight excluding hydrogens is 156 g/mol. The van der Waals surface area contributed by atoms with Crippen LogP contribution in [-0.2, 0) is 0 Å². The predicted molar refractivity (Wildman–Crippen MR) is 56.3 cm³/mol. The van der Waals surface area contributed by atoms with Gasteiger partial charge in [-0.25, -0.2) is 0 Å². The van der Waals surface area contributed by atoms with E-state index in [9.17, 15) is 0 Å². The Morgan fingerprint density at radius 2 is 2.15 bits per heavy atom. The normalized spacial score (nSPS) is 38.7. The molecule has 13 heavy (non-hydrogen) atoms. The molecule has 0 aromatic rings. The predicted octanol–water partition coefficient (Wildman–Crippen LogP) is 3.97. The summed E-state index contributed by atoms with van der Waals surface area (Å²) >= 11 is 0. The molecule has 1 saturated carbocycles. The molecule has 0 amide bonds. The molecule has 0 nitrogen and oxygen atoms in total. The summed E-state index contributed by atoms with van der Waals surface area (Å²) < 4.78 is 0. The van der Waals surface area contributed by atoms with Gasteiger partial charge in [0.1, 0.15) is 0 Å². The minimum absolute atomic E-state index is 0.832. The average molecular weight is 177 g/mol. The molecule has 0 aliphatic heterocycles. The Bertz CT molecular complexity index is 180. The smallest absolute Gasteiger partial charge is 0.0131 e. The number of hydrogen-bond donors (Lipinski definition) is 0. The molecule has 0 bridgehead atoms. The van der Waals surface area contributed by atoms with Crippen LogP contribution < -0.4 is 0 Å². The largest absolute Gasteiger partial charge is 0.0805 e. The van der Waals surface area contributed by atoms with E-state index < -0.39 is 0 Å². The highest BCUT2D eigenvalue weighted by Gasteiger charge is 2.31. The number of rotatable bonds is 2. The SMILES string of the molecule is CCCC1CC=[C]C2CCCCC21. The van der Waals surface area contributed by atoms with E-state index in [1.165, 1.54) is 44.9 Å². The third-order valence-corrected chi connectivity index (χ3v) is 3.84. The van der Waals surface area contributed by atoms with E-state index in [0.29, 0.717) is 0 Å². The van der Waals surface area contributed by atoms with Crippen molar-refractivity contribution in [1.29, 1.82) is 0 Å². The van der Waals surface area contributed by atoms with Crippen molar-refractivity contribution in [2.24, 2.45) is 17.8 Å². The van der Waals surface area contributed by atoms with Crippen LogP contribution in [-0.4, -0.2) is 0 Å². The lowest BCUT2D eigenvalue weighted by Gasteiger charge is -2.38. The maximum absolute atomic E-state index is 3.58. The first kappa shape index (κ1) is 9.30. The van der Waals surface area contributed by atoms with Gasteiger partial charge in [-0.1, -0.05) is 38.7 Å². The molecule has 3 unspecified atom stereocenters. The van der Waals surface area contributed by atoms with Gasteiger partial charge in [0.15, 0.2) is 0 Å². The van der Waals surface area contributed by atoms with Gasteiger partial charge in [-0.2, -0.15) is 0 Å².